The number of hydrogen-bond donors (Lipinski definition) is 1. The Morgan fingerprint density at radius 1 is 1.20 bits per heavy atom. The van der Waals surface area contributed by atoms with Crippen LogP contribution in [0.1, 0.15) is 12.0 Å². The van der Waals surface area contributed by atoms with Gasteiger partial charge in [0, 0.05) is 12.0 Å². The van der Waals surface area contributed by atoms with Crippen molar-refractivity contribution in [3.63, 3.8) is 0 Å². The maximum atomic E-state index is 13.2. The Bertz CT molecular complexity index is 434. The minimum Gasteiger partial charge on any atom is -0.316 e. The van der Waals surface area contributed by atoms with E-state index in [1.54, 1.807) is 0 Å². The molecule has 1 saturated carbocycles. The number of nitrogens with two attached hydrogens (primary N) is 1. The minimum atomic E-state index is -3.19. The van der Waals surface area contributed by atoms with Gasteiger partial charge in [-0.2, -0.15) is 0 Å². The summed E-state index contributed by atoms with van der Waals surface area (Å²) in [6.07, 6.45) is -0.683. The van der Waals surface area contributed by atoms with Gasteiger partial charge in [-0.3, -0.25) is 0 Å². The Labute approximate surface area is 87.8 Å². The molecule has 1 unspecified atom stereocenters. The van der Waals surface area contributed by atoms with Crippen LogP contribution in [-0.2, 0) is 5.54 Å². The summed E-state index contributed by atoms with van der Waals surface area (Å²) in [5.41, 5.74) is 2.64. The van der Waals surface area contributed by atoms with Crippen molar-refractivity contribution >= 4 is 11.6 Å². The predicted octanol–water partition coefficient (Wildman–Crippen LogP) is 2.81. The van der Waals surface area contributed by atoms with E-state index in [4.69, 9.17) is 17.3 Å². The van der Waals surface area contributed by atoms with Gasteiger partial charge < -0.3 is 5.73 Å². The molecular formula is C9H6ClF4N. The number of hydrogen-bond acceptors (Lipinski definition) is 1. The molecule has 1 aliphatic rings. The highest BCUT2D eigenvalue weighted by molar-refractivity contribution is 6.30. The normalized spacial score (nSPS) is 27.9. The zero-order valence-corrected chi connectivity index (χ0v) is 8.08. The van der Waals surface area contributed by atoms with Crippen LogP contribution in [0.25, 0.3) is 0 Å². The third-order valence-corrected chi connectivity index (χ3v) is 2.81. The quantitative estimate of drug-likeness (QED) is 0.592. The Balaban J connectivity index is 2.52. The molecule has 0 aliphatic heterocycles. The SMILES string of the molecule is NC1(c2cc(F)c(Cl)cc2F)CC1(F)F. The van der Waals surface area contributed by atoms with Gasteiger partial charge in [0.1, 0.15) is 17.2 Å². The van der Waals surface area contributed by atoms with Crippen LogP contribution in [0, 0.1) is 11.6 Å². The van der Waals surface area contributed by atoms with Crippen molar-refractivity contribution in [1.82, 2.24) is 0 Å². The maximum Gasteiger partial charge on any atom is 0.272 e. The third-order valence-electron chi connectivity index (χ3n) is 2.52. The van der Waals surface area contributed by atoms with Crippen molar-refractivity contribution in [2.75, 3.05) is 0 Å². The molecule has 0 saturated heterocycles. The molecule has 2 N–H and O–H groups in total. The van der Waals surface area contributed by atoms with Gasteiger partial charge in [0.15, 0.2) is 0 Å². The van der Waals surface area contributed by atoms with Crippen LogP contribution in [0.5, 0.6) is 0 Å². The first kappa shape index (κ1) is 10.7. The second-order valence-electron chi connectivity index (χ2n) is 3.60. The summed E-state index contributed by atoms with van der Waals surface area (Å²) >= 11 is 5.28. The van der Waals surface area contributed by atoms with Gasteiger partial charge in [0.2, 0.25) is 0 Å². The monoisotopic (exact) mass is 239 g/mol. The summed E-state index contributed by atoms with van der Waals surface area (Å²) in [6, 6.07) is 1.27. The molecule has 0 radical (unpaired) electrons. The van der Waals surface area contributed by atoms with E-state index in [0.717, 1.165) is 0 Å². The van der Waals surface area contributed by atoms with E-state index in [9.17, 15) is 17.6 Å². The molecule has 0 bridgehead atoms. The summed E-state index contributed by atoms with van der Waals surface area (Å²) in [4.78, 5) is 0. The Morgan fingerprint density at radius 2 is 1.73 bits per heavy atom. The highest BCUT2D eigenvalue weighted by atomic mass is 35.5. The first-order valence-electron chi connectivity index (χ1n) is 4.10. The van der Waals surface area contributed by atoms with Crippen LogP contribution in [0.2, 0.25) is 5.02 Å². The second kappa shape index (κ2) is 2.86. The average molecular weight is 240 g/mol. The van der Waals surface area contributed by atoms with Gasteiger partial charge >= 0.3 is 0 Å². The van der Waals surface area contributed by atoms with Crippen molar-refractivity contribution < 1.29 is 17.6 Å². The summed E-state index contributed by atoms with van der Waals surface area (Å²) in [6.45, 7) is 0. The van der Waals surface area contributed by atoms with Crippen LogP contribution in [0.4, 0.5) is 17.6 Å². The Hall–Kier alpha value is -0.810. The van der Waals surface area contributed by atoms with Crippen LogP contribution in [0.3, 0.4) is 0 Å². The van der Waals surface area contributed by atoms with E-state index in [0.29, 0.717) is 12.1 Å². The zero-order chi connectivity index (χ0) is 11.4. The van der Waals surface area contributed by atoms with Crippen molar-refractivity contribution in [3.8, 4) is 0 Å². The van der Waals surface area contributed by atoms with Gasteiger partial charge in [-0.05, 0) is 12.1 Å². The Kier molecular flexibility index (Phi) is 2.04. The summed E-state index contributed by atoms with van der Waals surface area (Å²) in [5, 5.41) is -0.455. The molecule has 1 atom stereocenters. The molecule has 0 spiro atoms. The topological polar surface area (TPSA) is 26.0 Å². The fraction of sp³-hybridized carbons (Fsp3) is 0.333. The maximum absolute atomic E-state index is 13.2. The molecule has 6 heteroatoms. The highest BCUT2D eigenvalue weighted by Crippen LogP contribution is 2.58. The smallest absolute Gasteiger partial charge is 0.272 e. The molecule has 1 nitrogen and oxygen atoms in total. The van der Waals surface area contributed by atoms with Crippen LogP contribution >= 0.6 is 11.6 Å². The molecule has 2 rings (SSSR count). The van der Waals surface area contributed by atoms with E-state index in [-0.39, 0.29) is 0 Å². The predicted molar refractivity (Wildman–Crippen MR) is 46.8 cm³/mol. The molecule has 1 aliphatic carbocycles. The van der Waals surface area contributed by atoms with E-state index in [1.165, 1.54) is 0 Å². The second-order valence-corrected chi connectivity index (χ2v) is 4.01. The molecule has 0 heterocycles. The van der Waals surface area contributed by atoms with Crippen molar-refractivity contribution in [2.24, 2.45) is 5.73 Å². The van der Waals surface area contributed by atoms with Gasteiger partial charge in [-0.1, -0.05) is 11.6 Å². The summed E-state index contributed by atoms with van der Waals surface area (Å²) < 4.78 is 51.9. The molecule has 82 valence electrons. The molecule has 0 amide bonds. The minimum absolute atomic E-state index is 0.455. The highest BCUT2D eigenvalue weighted by Gasteiger charge is 2.70. The van der Waals surface area contributed by atoms with E-state index >= 15 is 0 Å². The van der Waals surface area contributed by atoms with Crippen molar-refractivity contribution in [3.05, 3.63) is 34.4 Å². The number of alkyl halides is 2. The first-order valence-corrected chi connectivity index (χ1v) is 4.47. The van der Waals surface area contributed by atoms with E-state index in [2.05, 4.69) is 0 Å². The molecular weight excluding hydrogens is 234 g/mol. The zero-order valence-electron chi connectivity index (χ0n) is 7.33. The van der Waals surface area contributed by atoms with Gasteiger partial charge in [-0.15, -0.1) is 0 Å². The molecule has 15 heavy (non-hydrogen) atoms. The Morgan fingerprint density at radius 3 is 2.20 bits per heavy atom. The number of halogens is 5. The van der Waals surface area contributed by atoms with Crippen molar-refractivity contribution in [1.29, 1.82) is 0 Å². The van der Waals surface area contributed by atoms with Crippen LogP contribution in [0.15, 0.2) is 12.1 Å². The molecule has 1 aromatic carbocycles. The van der Waals surface area contributed by atoms with Crippen molar-refractivity contribution in [2.45, 2.75) is 17.9 Å². The molecule has 1 fully saturated rings. The van der Waals surface area contributed by atoms with E-state index < -0.39 is 40.1 Å². The standard InChI is InChI=1S/C9H6ClF4N/c10-5-2-6(11)4(1-7(5)12)8(15)3-9(8,13)14/h1-2H,3,15H2. The van der Waals surface area contributed by atoms with E-state index in [1.807, 2.05) is 0 Å². The van der Waals surface area contributed by atoms with Gasteiger partial charge in [-0.25, -0.2) is 17.6 Å². The summed E-state index contributed by atoms with van der Waals surface area (Å²) in [5.74, 6) is -5.16. The lowest BCUT2D eigenvalue weighted by atomic mass is 10.0. The lowest BCUT2D eigenvalue weighted by molar-refractivity contribution is 0.0881. The lowest BCUT2D eigenvalue weighted by Crippen LogP contribution is -2.28. The van der Waals surface area contributed by atoms with Gasteiger partial charge in [0.05, 0.1) is 5.02 Å². The lowest BCUT2D eigenvalue weighted by Gasteiger charge is -2.12. The largest absolute Gasteiger partial charge is 0.316 e. The molecule has 1 aromatic rings. The third kappa shape index (κ3) is 1.41. The van der Waals surface area contributed by atoms with Gasteiger partial charge in [0.25, 0.3) is 5.92 Å². The average Bonchev–Trinajstić information content (AvgIpc) is 2.60. The van der Waals surface area contributed by atoms with Crippen LogP contribution in [-0.4, -0.2) is 5.92 Å². The fourth-order valence-corrected chi connectivity index (χ4v) is 1.61. The summed E-state index contributed by atoms with van der Waals surface area (Å²) in [7, 11) is 0. The first-order chi connectivity index (χ1) is 6.78. The number of rotatable bonds is 1. The fourth-order valence-electron chi connectivity index (χ4n) is 1.46. The van der Waals surface area contributed by atoms with Crippen LogP contribution < -0.4 is 5.73 Å². The number of benzene rings is 1. The molecule has 0 aromatic heterocycles.